The Hall–Kier alpha value is -2.43. The van der Waals surface area contributed by atoms with E-state index in [1.165, 1.54) is 24.6 Å². The molecule has 2 aromatic heterocycles. The molecule has 118 valence electrons. The van der Waals surface area contributed by atoms with Crippen molar-refractivity contribution in [1.82, 2.24) is 19.7 Å². The van der Waals surface area contributed by atoms with Crippen molar-refractivity contribution < 1.29 is 0 Å². The van der Waals surface area contributed by atoms with E-state index in [4.69, 9.17) is 4.98 Å². The first-order chi connectivity index (χ1) is 11.3. The molecular weight excluding hydrogens is 286 g/mol. The van der Waals surface area contributed by atoms with Gasteiger partial charge < -0.3 is 9.88 Å². The first-order valence-electron chi connectivity index (χ1n) is 8.32. The van der Waals surface area contributed by atoms with E-state index >= 15 is 0 Å². The van der Waals surface area contributed by atoms with E-state index in [2.05, 4.69) is 39.1 Å². The van der Waals surface area contributed by atoms with Crippen LogP contribution < -0.4 is 5.32 Å². The van der Waals surface area contributed by atoms with Crippen LogP contribution in [0.3, 0.4) is 0 Å². The molecule has 0 bridgehead atoms. The van der Waals surface area contributed by atoms with Crippen molar-refractivity contribution in [3.8, 4) is 0 Å². The van der Waals surface area contributed by atoms with Gasteiger partial charge in [0.05, 0.1) is 12.1 Å². The van der Waals surface area contributed by atoms with Gasteiger partial charge in [-0.3, -0.25) is 0 Å². The summed E-state index contributed by atoms with van der Waals surface area (Å²) in [6.07, 6.45) is 4.75. The molecule has 0 atom stereocenters. The first kappa shape index (κ1) is 14.2. The van der Waals surface area contributed by atoms with E-state index in [1.807, 2.05) is 18.2 Å². The molecule has 0 unspecified atom stereocenters. The van der Waals surface area contributed by atoms with Crippen LogP contribution >= 0.6 is 0 Å². The van der Waals surface area contributed by atoms with Crippen LogP contribution in [-0.2, 0) is 19.5 Å². The third-order valence-electron chi connectivity index (χ3n) is 4.51. The molecule has 3 heterocycles. The molecular formula is C18H21N5. The quantitative estimate of drug-likeness (QED) is 0.805. The predicted octanol–water partition coefficient (Wildman–Crippen LogP) is 3.47. The normalized spacial score (nSPS) is 14.5. The Morgan fingerprint density at radius 1 is 1.13 bits per heavy atom. The zero-order chi connectivity index (χ0) is 15.6. The lowest BCUT2D eigenvalue weighted by Gasteiger charge is -2.11. The summed E-state index contributed by atoms with van der Waals surface area (Å²) >= 11 is 0. The molecule has 0 saturated carbocycles. The van der Waals surface area contributed by atoms with Crippen LogP contribution in [0.4, 0.5) is 5.82 Å². The highest BCUT2D eigenvalue weighted by Crippen LogP contribution is 2.20. The van der Waals surface area contributed by atoms with Crippen LogP contribution in [0.25, 0.3) is 10.9 Å². The fourth-order valence-electron chi connectivity index (χ4n) is 3.24. The number of fused-ring (bicyclic) bond motifs is 2. The van der Waals surface area contributed by atoms with Gasteiger partial charge in [-0.15, -0.1) is 10.2 Å². The van der Waals surface area contributed by atoms with Gasteiger partial charge >= 0.3 is 0 Å². The van der Waals surface area contributed by atoms with Crippen LogP contribution in [0.15, 0.2) is 30.3 Å². The lowest BCUT2D eigenvalue weighted by Crippen LogP contribution is -2.11. The van der Waals surface area contributed by atoms with Crippen LogP contribution in [-0.4, -0.2) is 19.7 Å². The van der Waals surface area contributed by atoms with Crippen molar-refractivity contribution in [1.29, 1.82) is 0 Å². The zero-order valence-corrected chi connectivity index (χ0v) is 13.4. The monoisotopic (exact) mass is 307 g/mol. The fraction of sp³-hybridized carbons (Fsp3) is 0.389. The van der Waals surface area contributed by atoms with Crippen molar-refractivity contribution in [2.24, 2.45) is 0 Å². The third-order valence-corrected chi connectivity index (χ3v) is 4.51. The van der Waals surface area contributed by atoms with Crippen LogP contribution in [0.5, 0.6) is 0 Å². The molecule has 1 N–H and O–H groups in total. The Kier molecular flexibility index (Phi) is 3.69. The standard InChI is InChI=1S/C18H21N5/c1-13-11-14-7-4-5-8-15(14)20-18(13)19-12-17-22-21-16-9-3-2-6-10-23(16)17/h4-5,7-8,11H,2-3,6,9-10,12H2,1H3,(H,19,20). The smallest absolute Gasteiger partial charge is 0.152 e. The molecule has 0 radical (unpaired) electrons. The van der Waals surface area contributed by atoms with Gasteiger partial charge in [0.15, 0.2) is 5.82 Å². The molecule has 0 saturated heterocycles. The van der Waals surface area contributed by atoms with E-state index in [0.717, 1.165) is 41.5 Å². The molecule has 0 aliphatic carbocycles. The summed E-state index contributed by atoms with van der Waals surface area (Å²) in [4.78, 5) is 4.74. The maximum Gasteiger partial charge on any atom is 0.152 e. The summed E-state index contributed by atoms with van der Waals surface area (Å²) < 4.78 is 2.27. The number of nitrogens with zero attached hydrogens (tertiary/aromatic N) is 4. The van der Waals surface area contributed by atoms with E-state index < -0.39 is 0 Å². The topological polar surface area (TPSA) is 55.6 Å². The highest BCUT2D eigenvalue weighted by atomic mass is 15.3. The van der Waals surface area contributed by atoms with E-state index in [1.54, 1.807) is 0 Å². The molecule has 3 aromatic rings. The van der Waals surface area contributed by atoms with Gasteiger partial charge in [0.25, 0.3) is 0 Å². The predicted molar refractivity (Wildman–Crippen MR) is 91.4 cm³/mol. The van der Waals surface area contributed by atoms with E-state index in [9.17, 15) is 0 Å². The molecule has 23 heavy (non-hydrogen) atoms. The first-order valence-corrected chi connectivity index (χ1v) is 8.32. The second-order valence-corrected chi connectivity index (χ2v) is 6.19. The Morgan fingerprint density at radius 2 is 2.04 bits per heavy atom. The lowest BCUT2D eigenvalue weighted by molar-refractivity contribution is 0.610. The second-order valence-electron chi connectivity index (χ2n) is 6.19. The number of aryl methyl sites for hydroxylation is 2. The van der Waals surface area contributed by atoms with Crippen LogP contribution in [0.1, 0.15) is 36.5 Å². The molecule has 0 spiro atoms. The number of nitrogens with one attached hydrogen (secondary N) is 1. The molecule has 1 aromatic carbocycles. The summed E-state index contributed by atoms with van der Waals surface area (Å²) in [6.45, 7) is 3.79. The van der Waals surface area contributed by atoms with Crippen molar-refractivity contribution >= 4 is 16.7 Å². The summed E-state index contributed by atoms with van der Waals surface area (Å²) in [5.41, 5.74) is 2.17. The number of hydrogen-bond acceptors (Lipinski definition) is 4. The Balaban J connectivity index is 1.57. The SMILES string of the molecule is Cc1cc2ccccc2nc1NCc1nnc2n1CCCCC2. The molecule has 1 aliphatic heterocycles. The molecule has 5 heteroatoms. The van der Waals surface area contributed by atoms with Crippen LogP contribution in [0, 0.1) is 6.92 Å². The second kappa shape index (κ2) is 5.99. The number of aromatic nitrogens is 4. The maximum atomic E-state index is 4.74. The van der Waals surface area contributed by atoms with Crippen molar-refractivity contribution in [2.45, 2.75) is 45.7 Å². The largest absolute Gasteiger partial charge is 0.363 e. The summed E-state index contributed by atoms with van der Waals surface area (Å²) in [6, 6.07) is 10.4. The average molecular weight is 307 g/mol. The Morgan fingerprint density at radius 3 is 3.00 bits per heavy atom. The van der Waals surface area contributed by atoms with E-state index in [0.29, 0.717) is 6.54 Å². The van der Waals surface area contributed by atoms with Crippen molar-refractivity contribution in [3.05, 3.63) is 47.5 Å². The number of benzene rings is 1. The molecule has 1 aliphatic rings. The number of para-hydroxylation sites is 1. The van der Waals surface area contributed by atoms with Gasteiger partial charge in [-0.2, -0.15) is 0 Å². The van der Waals surface area contributed by atoms with Crippen molar-refractivity contribution in [2.75, 3.05) is 5.32 Å². The third kappa shape index (κ3) is 2.79. The van der Waals surface area contributed by atoms with E-state index in [-0.39, 0.29) is 0 Å². The van der Waals surface area contributed by atoms with Gasteiger partial charge in [-0.1, -0.05) is 24.6 Å². The minimum Gasteiger partial charge on any atom is -0.363 e. The van der Waals surface area contributed by atoms with Gasteiger partial charge in [0.2, 0.25) is 0 Å². The Labute approximate surface area is 135 Å². The maximum absolute atomic E-state index is 4.74. The number of anilines is 1. The van der Waals surface area contributed by atoms with Crippen molar-refractivity contribution in [3.63, 3.8) is 0 Å². The zero-order valence-electron chi connectivity index (χ0n) is 13.4. The molecule has 0 amide bonds. The summed E-state index contributed by atoms with van der Waals surface area (Å²) in [5, 5.41) is 13.3. The van der Waals surface area contributed by atoms with Gasteiger partial charge in [-0.05, 0) is 37.5 Å². The van der Waals surface area contributed by atoms with Gasteiger partial charge in [0.1, 0.15) is 11.6 Å². The summed E-state index contributed by atoms with van der Waals surface area (Å²) in [7, 11) is 0. The van der Waals surface area contributed by atoms with Crippen LogP contribution in [0.2, 0.25) is 0 Å². The molecule has 0 fully saturated rings. The minimum atomic E-state index is 0.666. The minimum absolute atomic E-state index is 0.666. The number of hydrogen-bond donors (Lipinski definition) is 1. The Bertz CT molecular complexity index is 837. The van der Waals surface area contributed by atoms with Gasteiger partial charge in [0, 0.05) is 18.4 Å². The summed E-state index contributed by atoms with van der Waals surface area (Å²) in [5.74, 6) is 3.06. The number of pyridine rings is 1. The molecule has 5 nitrogen and oxygen atoms in total. The average Bonchev–Trinajstić information content (AvgIpc) is 2.79. The highest BCUT2D eigenvalue weighted by molar-refractivity contribution is 5.81. The number of rotatable bonds is 3. The fourth-order valence-corrected chi connectivity index (χ4v) is 3.24. The highest BCUT2D eigenvalue weighted by Gasteiger charge is 2.14. The lowest BCUT2D eigenvalue weighted by atomic mass is 10.1. The van der Waals surface area contributed by atoms with Gasteiger partial charge in [-0.25, -0.2) is 4.98 Å². The molecule has 4 rings (SSSR count).